The first-order valence-corrected chi connectivity index (χ1v) is 11.6. The molecule has 0 N–H and O–H groups in total. The van der Waals surface area contributed by atoms with Gasteiger partial charge >= 0.3 is 6.18 Å². The number of amides is 1. The molecule has 0 saturated carbocycles. The van der Waals surface area contributed by atoms with Gasteiger partial charge < -0.3 is 9.47 Å². The van der Waals surface area contributed by atoms with E-state index in [2.05, 4.69) is 6.92 Å². The molecule has 0 atom stereocenters. The van der Waals surface area contributed by atoms with E-state index >= 15 is 0 Å². The second-order valence-corrected chi connectivity index (χ2v) is 8.52. The van der Waals surface area contributed by atoms with E-state index in [9.17, 15) is 18.0 Å². The second kappa shape index (κ2) is 10.6. The quantitative estimate of drug-likeness (QED) is 0.270. The van der Waals surface area contributed by atoms with Crippen LogP contribution in [-0.2, 0) is 32.2 Å². The molecule has 0 saturated heterocycles. The number of hydrogen-bond donors (Lipinski definition) is 0. The van der Waals surface area contributed by atoms with Crippen LogP contribution in [0, 0.1) is 0 Å². The topological polar surface area (TPSA) is 25.2 Å². The summed E-state index contributed by atoms with van der Waals surface area (Å²) < 4.78 is 41.3. The molecule has 0 unspecified atom stereocenters. The van der Waals surface area contributed by atoms with Gasteiger partial charge in [-0.2, -0.15) is 13.2 Å². The fourth-order valence-electron chi connectivity index (χ4n) is 4.05. The Morgan fingerprint density at radius 2 is 1.51 bits per heavy atom. The van der Waals surface area contributed by atoms with Gasteiger partial charge in [0.15, 0.2) is 0 Å². The predicted molar refractivity (Wildman–Crippen MR) is 131 cm³/mol. The largest absolute Gasteiger partial charge is 0.416 e. The average molecular weight is 477 g/mol. The van der Waals surface area contributed by atoms with E-state index in [0.717, 1.165) is 29.3 Å². The molecule has 1 aromatic heterocycles. The van der Waals surface area contributed by atoms with E-state index < -0.39 is 11.7 Å². The lowest BCUT2D eigenvalue weighted by Crippen LogP contribution is -2.31. The van der Waals surface area contributed by atoms with Crippen molar-refractivity contribution in [1.82, 2.24) is 9.47 Å². The van der Waals surface area contributed by atoms with E-state index in [4.69, 9.17) is 0 Å². The first kappa shape index (κ1) is 24.3. The molecular weight excluding hydrogens is 449 g/mol. The summed E-state index contributed by atoms with van der Waals surface area (Å²) in [7, 11) is 0. The van der Waals surface area contributed by atoms with Crippen molar-refractivity contribution in [2.24, 2.45) is 0 Å². The fourth-order valence-corrected chi connectivity index (χ4v) is 4.05. The van der Waals surface area contributed by atoms with Gasteiger partial charge in [0.2, 0.25) is 0 Å². The van der Waals surface area contributed by atoms with E-state index in [1.807, 2.05) is 77.5 Å². The highest BCUT2D eigenvalue weighted by Crippen LogP contribution is 2.30. The van der Waals surface area contributed by atoms with Crippen LogP contribution in [0.1, 0.15) is 45.2 Å². The maximum Gasteiger partial charge on any atom is 0.416 e. The summed E-state index contributed by atoms with van der Waals surface area (Å²) in [5, 5.41) is 0. The Bertz CT molecular complexity index is 1260. The number of nitrogens with zero attached hydrogens (tertiary/aromatic N) is 2. The summed E-state index contributed by atoms with van der Waals surface area (Å²) in [4.78, 5) is 15.3. The molecule has 4 rings (SSSR count). The third-order valence-electron chi connectivity index (χ3n) is 6.00. The molecule has 3 nitrogen and oxygen atoms in total. The maximum absolute atomic E-state index is 13.5. The Morgan fingerprint density at radius 1 is 0.800 bits per heavy atom. The fraction of sp³-hybridized carbons (Fsp3) is 0.207. The lowest BCUT2D eigenvalue weighted by Gasteiger charge is -2.24. The van der Waals surface area contributed by atoms with E-state index in [1.54, 1.807) is 11.0 Å². The molecule has 6 heteroatoms. The summed E-state index contributed by atoms with van der Waals surface area (Å²) in [6, 6.07) is 26.5. The van der Waals surface area contributed by atoms with Gasteiger partial charge in [-0.25, -0.2) is 0 Å². The van der Waals surface area contributed by atoms with Gasteiger partial charge in [0.05, 0.1) is 12.1 Å². The monoisotopic (exact) mass is 476 g/mol. The van der Waals surface area contributed by atoms with Crippen LogP contribution in [0.25, 0.3) is 0 Å². The van der Waals surface area contributed by atoms with Crippen molar-refractivity contribution in [3.05, 3.63) is 131 Å². The second-order valence-electron chi connectivity index (χ2n) is 8.52. The van der Waals surface area contributed by atoms with E-state index in [0.29, 0.717) is 24.2 Å². The van der Waals surface area contributed by atoms with Gasteiger partial charge in [-0.15, -0.1) is 0 Å². The molecule has 0 aliphatic heterocycles. The molecule has 35 heavy (non-hydrogen) atoms. The van der Waals surface area contributed by atoms with Gasteiger partial charge in [-0.05, 0) is 59.5 Å². The number of halogens is 3. The zero-order valence-electron chi connectivity index (χ0n) is 19.5. The molecule has 1 heterocycles. The molecule has 0 fully saturated rings. The zero-order valence-corrected chi connectivity index (χ0v) is 19.5. The normalized spacial score (nSPS) is 11.4. The molecule has 0 aliphatic carbocycles. The highest BCUT2D eigenvalue weighted by Gasteiger charge is 2.30. The summed E-state index contributed by atoms with van der Waals surface area (Å²) in [5.41, 5.74) is 3.49. The van der Waals surface area contributed by atoms with Crippen LogP contribution in [0.5, 0.6) is 0 Å². The Morgan fingerprint density at radius 3 is 2.20 bits per heavy atom. The molecule has 3 aromatic carbocycles. The number of hydrogen-bond acceptors (Lipinski definition) is 1. The molecule has 0 bridgehead atoms. The number of carbonyl (C=O) groups is 1. The van der Waals surface area contributed by atoms with Crippen molar-refractivity contribution in [1.29, 1.82) is 0 Å². The molecule has 0 spiro atoms. The Labute approximate surface area is 203 Å². The van der Waals surface area contributed by atoms with Crippen LogP contribution in [0.4, 0.5) is 13.2 Å². The van der Waals surface area contributed by atoms with Crippen LogP contribution in [0.3, 0.4) is 0 Å². The minimum absolute atomic E-state index is 0.0941. The summed E-state index contributed by atoms with van der Waals surface area (Å²) in [5.74, 6) is -0.0941. The van der Waals surface area contributed by atoms with Crippen molar-refractivity contribution in [3.63, 3.8) is 0 Å². The zero-order chi connectivity index (χ0) is 24.8. The van der Waals surface area contributed by atoms with Crippen LogP contribution < -0.4 is 0 Å². The van der Waals surface area contributed by atoms with E-state index in [-0.39, 0.29) is 12.5 Å². The minimum Gasteiger partial charge on any atom is -0.345 e. The molecule has 1 amide bonds. The van der Waals surface area contributed by atoms with Crippen molar-refractivity contribution < 1.29 is 18.0 Å². The van der Waals surface area contributed by atoms with Crippen molar-refractivity contribution in [3.8, 4) is 0 Å². The Balaban J connectivity index is 1.59. The minimum atomic E-state index is -4.39. The third kappa shape index (κ3) is 6.21. The summed E-state index contributed by atoms with van der Waals surface area (Å²) in [6.07, 6.45) is -1.66. The predicted octanol–water partition coefficient (Wildman–Crippen LogP) is 6.96. The van der Waals surface area contributed by atoms with Gasteiger partial charge in [0.1, 0.15) is 0 Å². The molecular formula is C29H27F3N2O. The SMILES string of the molecule is CCc1ccc(C(=O)N(Cc2ccccc2)Cc2cccn2Cc2cccc(C(F)(F)F)c2)cc1. The maximum atomic E-state index is 13.5. The van der Waals surface area contributed by atoms with Gasteiger partial charge in [0.25, 0.3) is 5.91 Å². The summed E-state index contributed by atoms with van der Waals surface area (Å²) in [6.45, 7) is 3.10. The van der Waals surface area contributed by atoms with Gasteiger partial charge in [-0.1, -0.05) is 61.5 Å². The average Bonchev–Trinajstić information content (AvgIpc) is 3.30. The first-order chi connectivity index (χ1) is 16.8. The lowest BCUT2D eigenvalue weighted by atomic mass is 10.1. The molecule has 4 aromatic rings. The van der Waals surface area contributed by atoms with Crippen LogP contribution in [-0.4, -0.2) is 15.4 Å². The smallest absolute Gasteiger partial charge is 0.345 e. The van der Waals surface area contributed by atoms with Crippen molar-refractivity contribution in [2.45, 2.75) is 39.2 Å². The third-order valence-corrected chi connectivity index (χ3v) is 6.00. The molecule has 0 radical (unpaired) electrons. The molecule has 0 aliphatic rings. The Kier molecular flexibility index (Phi) is 7.39. The first-order valence-electron chi connectivity index (χ1n) is 11.6. The van der Waals surface area contributed by atoms with Crippen LogP contribution in [0.15, 0.2) is 97.2 Å². The number of aromatic nitrogens is 1. The number of rotatable bonds is 8. The van der Waals surface area contributed by atoms with Crippen LogP contribution >= 0.6 is 0 Å². The van der Waals surface area contributed by atoms with Crippen molar-refractivity contribution in [2.75, 3.05) is 0 Å². The Hall–Kier alpha value is -3.80. The molecule has 180 valence electrons. The number of alkyl halides is 3. The van der Waals surface area contributed by atoms with Crippen LogP contribution in [0.2, 0.25) is 0 Å². The highest BCUT2D eigenvalue weighted by atomic mass is 19.4. The summed E-state index contributed by atoms with van der Waals surface area (Å²) >= 11 is 0. The van der Waals surface area contributed by atoms with Gasteiger partial charge in [0, 0.05) is 30.5 Å². The van der Waals surface area contributed by atoms with Crippen molar-refractivity contribution >= 4 is 5.91 Å². The van der Waals surface area contributed by atoms with Gasteiger partial charge in [-0.3, -0.25) is 4.79 Å². The highest BCUT2D eigenvalue weighted by molar-refractivity contribution is 5.94. The standard InChI is InChI=1S/C29H27F3N2O/c1-2-22-13-15-25(16-14-22)28(35)34(19-23-8-4-3-5-9-23)21-27-12-7-17-33(27)20-24-10-6-11-26(18-24)29(30,31)32/h3-18H,2,19-21H2,1H3. The number of benzene rings is 3. The lowest BCUT2D eigenvalue weighted by molar-refractivity contribution is -0.137. The number of carbonyl (C=O) groups excluding carboxylic acids is 1. The number of aryl methyl sites for hydroxylation is 1. The van der Waals surface area contributed by atoms with E-state index in [1.165, 1.54) is 12.1 Å².